The molecule has 1 rings (SSSR count). The zero-order chi connectivity index (χ0) is 13.4. The molecule has 100 valence electrons. The Kier molecular flexibility index (Phi) is 6.83. The second-order valence-electron chi connectivity index (χ2n) is 3.93. The Labute approximate surface area is 119 Å². The predicted molar refractivity (Wildman–Crippen MR) is 81.8 cm³/mol. The summed E-state index contributed by atoms with van der Waals surface area (Å²) < 4.78 is 5.24. The van der Waals surface area contributed by atoms with Gasteiger partial charge in [0.15, 0.2) is 5.11 Å². The van der Waals surface area contributed by atoms with Crippen molar-refractivity contribution in [1.29, 1.82) is 0 Å². The fourth-order valence-corrected chi connectivity index (χ4v) is 1.91. The van der Waals surface area contributed by atoms with Crippen LogP contribution in [0, 0.1) is 0 Å². The lowest BCUT2D eigenvalue weighted by Crippen LogP contribution is -2.29. The molecule has 0 unspecified atom stereocenters. The van der Waals surface area contributed by atoms with E-state index in [1.54, 1.807) is 19.2 Å². The van der Waals surface area contributed by atoms with Gasteiger partial charge in [0.05, 0.1) is 12.8 Å². The molecule has 0 aliphatic heterocycles. The van der Waals surface area contributed by atoms with E-state index >= 15 is 0 Å². The molecule has 18 heavy (non-hydrogen) atoms. The van der Waals surface area contributed by atoms with Gasteiger partial charge in [0.2, 0.25) is 0 Å². The van der Waals surface area contributed by atoms with Gasteiger partial charge in [-0.1, -0.05) is 31.4 Å². The molecule has 2 N–H and O–H groups in total. The first kappa shape index (κ1) is 15.1. The highest BCUT2D eigenvalue weighted by molar-refractivity contribution is 7.80. The van der Waals surface area contributed by atoms with Crippen LogP contribution in [-0.2, 0) is 0 Å². The number of unbranched alkanes of at least 4 members (excludes halogenated alkanes) is 2. The van der Waals surface area contributed by atoms with Gasteiger partial charge in [-0.2, -0.15) is 0 Å². The second kappa shape index (κ2) is 8.16. The van der Waals surface area contributed by atoms with Gasteiger partial charge in [-0.25, -0.2) is 0 Å². The summed E-state index contributed by atoms with van der Waals surface area (Å²) in [5.74, 6) is 0.720. The Hall–Kier alpha value is -1.00. The van der Waals surface area contributed by atoms with E-state index in [1.165, 1.54) is 12.8 Å². The minimum Gasteiger partial charge on any atom is -0.495 e. The third-order valence-corrected chi connectivity index (χ3v) is 2.96. The molecule has 0 aliphatic carbocycles. The summed E-state index contributed by atoms with van der Waals surface area (Å²) in [4.78, 5) is 0. The number of methoxy groups -OCH3 is 1. The summed E-state index contributed by atoms with van der Waals surface area (Å²) in [6.07, 6.45) is 3.52. The van der Waals surface area contributed by atoms with E-state index in [2.05, 4.69) is 17.6 Å². The van der Waals surface area contributed by atoms with Crippen molar-refractivity contribution in [2.24, 2.45) is 0 Å². The largest absolute Gasteiger partial charge is 0.495 e. The molecule has 0 radical (unpaired) electrons. The molecule has 0 fully saturated rings. The topological polar surface area (TPSA) is 33.3 Å². The Morgan fingerprint density at radius 1 is 1.39 bits per heavy atom. The van der Waals surface area contributed by atoms with Crippen molar-refractivity contribution >= 4 is 34.6 Å². The van der Waals surface area contributed by atoms with Crippen LogP contribution in [0.5, 0.6) is 5.75 Å². The quantitative estimate of drug-likeness (QED) is 0.615. The Morgan fingerprint density at radius 3 is 2.83 bits per heavy atom. The van der Waals surface area contributed by atoms with E-state index in [1.807, 2.05) is 6.07 Å². The normalized spacial score (nSPS) is 9.94. The van der Waals surface area contributed by atoms with Crippen LogP contribution >= 0.6 is 23.8 Å². The first-order valence-electron chi connectivity index (χ1n) is 6.05. The van der Waals surface area contributed by atoms with Crippen LogP contribution in [0.4, 0.5) is 5.69 Å². The number of halogens is 1. The van der Waals surface area contributed by atoms with Gasteiger partial charge < -0.3 is 15.4 Å². The van der Waals surface area contributed by atoms with Crippen molar-refractivity contribution in [2.45, 2.75) is 26.2 Å². The highest BCUT2D eigenvalue weighted by atomic mass is 35.5. The van der Waals surface area contributed by atoms with Crippen molar-refractivity contribution in [3.05, 3.63) is 23.2 Å². The third-order valence-electron chi connectivity index (χ3n) is 2.48. The highest BCUT2D eigenvalue weighted by Crippen LogP contribution is 2.27. The number of rotatable bonds is 6. The molecule has 1 aromatic rings. The van der Waals surface area contributed by atoms with Crippen molar-refractivity contribution < 1.29 is 4.74 Å². The zero-order valence-corrected chi connectivity index (χ0v) is 12.3. The minimum atomic E-state index is 0.590. The van der Waals surface area contributed by atoms with E-state index in [0.29, 0.717) is 10.1 Å². The molecule has 5 heteroatoms. The molecule has 0 spiro atoms. The lowest BCUT2D eigenvalue weighted by molar-refractivity contribution is 0.417. The summed E-state index contributed by atoms with van der Waals surface area (Å²) in [5.41, 5.74) is 0.776. The first-order valence-corrected chi connectivity index (χ1v) is 6.84. The van der Waals surface area contributed by atoms with E-state index in [9.17, 15) is 0 Å². The predicted octanol–water partition coefficient (Wildman–Crippen LogP) is 3.83. The smallest absolute Gasteiger partial charge is 0.170 e. The highest BCUT2D eigenvalue weighted by Gasteiger charge is 2.05. The molecule has 0 aliphatic rings. The maximum Gasteiger partial charge on any atom is 0.170 e. The molecule has 0 saturated carbocycles. The summed E-state index contributed by atoms with van der Waals surface area (Å²) in [6.45, 7) is 3.05. The van der Waals surface area contributed by atoms with E-state index in [0.717, 1.165) is 24.4 Å². The van der Waals surface area contributed by atoms with Crippen LogP contribution in [0.2, 0.25) is 5.02 Å². The Balaban J connectivity index is 2.50. The average Bonchev–Trinajstić information content (AvgIpc) is 2.35. The monoisotopic (exact) mass is 286 g/mol. The molecule has 0 aromatic heterocycles. The molecule has 0 amide bonds. The number of hydrogen-bond donors (Lipinski definition) is 2. The fourth-order valence-electron chi connectivity index (χ4n) is 1.52. The Bertz CT molecular complexity index is 399. The van der Waals surface area contributed by atoms with E-state index in [4.69, 9.17) is 28.6 Å². The second-order valence-corrected chi connectivity index (χ2v) is 4.78. The van der Waals surface area contributed by atoms with E-state index in [-0.39, 0.29) is 0 Å². The fraction of sp³-hybridized carbons (Fsp3) is 0.462. The van der Waals surface area contributed by atoms with Crippen LogP contribution < -0.4 is 15.4 Å². The van der Waals surface area contributed by atoms with Crippen molar-refractivity contribution in [1.82, 2.24) is 5.32 Å². The maximum atomic E-state index is 5.94. The number of anilines is 1. The minimum absolute atomic E-state index is 0.590. The van der Waals surface area contributed by atoms with Gasteiger partial charge in [0.1, 0.15) is 5.75 Å². The van der Waals surface area contributed by atoms with Crippen molar-refractivity contribution in [3.63, 3.8) is 0 Å². The number of ether oxygens (including phenoxy) is 1. The van der Waals surface area contributed by atoms with Crippen molar-refractivity contribution in [3.8, 4) is 5.75 Å². The summed E-state index contributed by atoms with van der Waals surface area (Å²) in [6, 6.07) is 5.38. The molecule has 0 saturated heterocycles. The van der Waals surface area contributed by atoms with Crippen LogP contribution in [0.15, 0.2) is 18.2 Å². The van der Waals surface area contributed by atoms with Crippen LogP contribution in [0.25, 0.3) is 0 Å². The molecular formula is C13H19ClN2OS. The summed E-state index contributed by atoms with van der Waals surface area (Å²) in [7, 11) is 1.62. The van der Waals surface area contributed by atoms with Gasteiger partial charge in [-0.05, 0) is 36.8 Å². The molecular weight excluding hydrogens is 268 g/mol. The summed E-state index contributed by atoms with van der Waals surface area (Å²) >= 11 is 11.2. The van der Waals surface area contributed by atoms with Crippen molar-refractivity contribution in [2.75, 3.05) is 19.0 Å². The molecule has 1 aromatic carbocycles. The van der Waals surface area contributed by atoms with Crippen LogP contribution in [0.1, 0.15) is 26.2 Å². The van der Waals surface area contributed by atoms with E-state index < -0.39 is 0 Å². The van der Waals surface area contributed by atoms with Gasteiger partial charge in [-0.15, -0.1) is 0 Å². The number of thiocarbonyl (C=S) groups is 1. The van der Waals surface area contributed by atoms with Gasteiger partial charge in [0, 0.05) is 11.6 Å². The average molecular weight is 287 g/mol. The molecule has 0 heterocycles. The zero-order valence-electron chi connectivity index (χ0n) is 10.8. The van der Waals surface area contributed by atoms with Gasteiger partial charge in [-0.3, -0.25) is 0 Å². The first-order chi connectivity index (χ1) is 8.67. The number of hydrogen-bond acceptors (Lipinski definition) is 2. The van der Waals surface area contributed by atoms with Crippen LogP contribution in [-0.4, -0.2) is 18.8 Å². The van der Waals surface area contributed by atoms with Gasteiger partial charge >= 0.3 is 0 Å². The standard InChI is InChI=1S/C13H19ClN2OS/c1-3-4-5-8-15-13(18)16-11-9-10(14)6-7-12(11)17-2/h6-7,9H,3-5,8H2,1-2H3,(H2,15,16,18). The molecule has 3 nitrogen and oxygen atoms in total. The molecule has 0 atom stereocenters. The van der Waals surface area contributed by atoms with Gasteiger partial charge in [0.25, 0.3) is 0 Å². The lowest BCUT2D eigenvalue weighted by Gasteiger charge is -2.13. The van der Waals surface area contributed by atoms with Crippen LogP contribution in [0.3, 0.4) is 0 Å². The summed E-state index contributed by atoms with van der Waals surface area (Å²) in [5, 5.41) is 7.48. The Morgan fingerprint density at radius 2 is 2.17 bits per heavy atom. The maximum absolute atomic E-state index is 5.94. The lowest BCUT2D eigenvalue weighted by atomic mass is 10.2. The SMILES string of the molecule is CCCCCNC(=S)Nc1cc(Cl)ccc1OC. The molecule has 0 bridgehead atoms. The number of benzene rings is 1. The third kappa shape index (κ3) is 5.10. The number of nitrogens with one attached hydrogen (secondary N) is 2.